The highest BCUT2D eigenvalue weighted by atomic mass is 35.5. The molecule has 0 aliphatic rings. The van der Waals surface area contributed by atoms with Crippen LogP contribution < -0.4 is 9.44 Å². The first-order valence-corrected chi connectivity index (χ1v) is 12.0. The lowest BCUT2D eigenvalue weighted by Gasteiger charge is -2.15. The third kappa shape index (κ3) is 4.58. The minimum atomic E-state index is -4.14. The molecule has 1 heterocycles. The molecule has 2 aromatic carbocycles. The van der Waals surface area contributed by atoms with Crippen LogP contribution in [0.25, 0.3) is 0 Å². The van der Waals surface area contributed by atoms with E-state index in [0.29, 0.717) is 0 Å². The van der Waals surface area contributed by atoms with Gasteiger partial charge in [0.05, 0.1) is 26.3 Å². The predicted octanol–water partition coefficient (Wildman–Crippen LogP) is 4.80. The van der Waals surface area contributed by atoms with Gasteiger partial charge >= 0.3 is 0 Å². The third-order valence-electron chi connectivity index (χ3n) is 3.43. The van der Waals surface area contributed by atoms with Gasteiger partial charge in [0.1, 0.15) is 10.0 Å². The summed E-state index contributed by atoms with van der Waals surface area (Å²) in [5, 5.41) is 1.62. The van der Waals surface area contributed by atoms with E-state index in [2.05, 4.69) is 9.44 Å². The van der Waals surface area contributed by atoms with Crippen molar-refractivity contribution in [1.82, 2.24) is 0 Å². The maximum Gasteiger partial charge on any atom is 0.271 e. The van der Waals surface area contributed by atoms with E-state index in [1.807, 2.05) is 0 Å². The average molecular weight is 481 g/mol. The Morgan fingerprint density at radius 1 is 0.821 bits per heavy atom. The monoisotopic (exact) mass is 480 g/mol. The SMILES string of the molecule is O=S(=O)(Nc1cc(Cl)c(Cl)cc1NS(=O)(=O)c1cccs1)c1ccc(F)cc1. The number of anilines is 2. The molecule has 3 rings (SSSR count). The summed E-state index contributed by atoms with van der Waals surface area (Å²) >= 11 is 12.9. The molecule has 12 heteroatoms. The van der Waals surface area contributed by atoms with Crippen LogP contribution >= 0.6 is 34.5 Å². The molecule has 0 spiro atoms. The van der Waals surface area contributed by atoms with Gasteiger partial charge in [-0.15, -0.1) is 11.3 Å². The summed E-state index contributed by atoms with van der Waals surface area (Å²) in [4.78, 5) is -0.216. The van der Waals surface area contributed by atoms with Crippen molar-refractivity contribution >= 4 is 66.0 Å². The van der Waals surface area contributed by atoms with Crippen LogP contribution in [-0.4, -0.2) is 16.8 Å². The fourth-order valence-corrected chi connectivity index (χ4v) is 5.61. The van der Waals surface area contributed by atoms with Crippen molar-refractivity contribution in [3.63, 3.8) is 0 Å². The topological polar surface area (TPSA) is 92.3 Å². The molecule has 148 valence electrons. The Balaban J connectivity index is 2.01. The second-order valence-corrected chi connectivity index (χ2v) is 10.8. The summed E-state index contributed by atoms with van der Waals surface area (Å²) in [5.41, 5.74) is -0.257. The van der Waals surface area contributed by atoms with Crippen molar-refractivity contribution in [1.29, 1.82) is 0 Å². The van der Waals surface area contributed by atoms with Crippen LogP contribution in [0.1, 0.15) is 0 Å². The van der Waals surface area contributed by atoms with Gasteiger partial charge < -0.3 is 0 Å². The van der Waals surface area contributed by atoms with Gasteiger partial charge in [0.25, 0.3) is 20.0 Å². The summed E-state index contributed by atoms with van der Waals surface area (Å²) in [5.74, 6) is -0.599. The Bertz CT molecular complexity index is 1210. The lowest BCUT2D eigenvalue weighted by molar-refractivity contribution is 0.598. The van der Waals surface area contributed by atoms with Gasteiger partial charge in [0.2, 0.25) is 0 Å². The van der Waals surface area contributed by atoms with Gasteiger partial charge in [-0.3, -0.25) is 9.44 Å². The molecule has 0 saturated heterocycles. The molecule has 0 radical (unpaired) electrons. The summed E-state index contributed by atoms with van der Waals surface area (Å²) in [6.45, 7) is 0. The molecule has 0 aliphatic carbocycles. The van der Waals surface area contributed by atoms with Gasteiger partial charge in [0, 0.05) is 0 Å². The fourth-order valence-electron chi connectivity index (χ4n) is 2.14. The Labute approximate surface area is 175 Å². The molecule has 0 saturated carbocycles. The van der Waals surface area contributed by atoms with E-state index in [9.17, 15) is 21.2 Å². The molecular formula is C16H11Cl2FN2O4S3. The van der Waals surface area contributed by atoms with Crippen LogP contribution in [0.3, 0.4) is 0 Å². The van der Waals surface area contributed by atoms with E-state index in [4.69, 9.17) is 23.2 Å². The van der Waals surface area contributed by atoms with E-state index in [1.165, 1.54) is 18.2 Å². The Morgan fingerprint density at radius 3 is 1.86 bits per heavy atom. The number of thiophene rings is 1. The highest BCUT2D eigenvalue weighted by Crippen LogP contribution is 2.35. The third-order valence-corrected chi connectivity index (χ3v) is 8.30. The summed E-state index contributed by atoms with van der Waals surface area (Å²) in [6.07, 6.45) is 0. The van der Waals surface area contributed by atoms with E-state index >= 15 is 0 Å². The van der Waals surface area contributed by atoms with E-state index in [1.54, 1.807) is 11.4 Å². The van der Waals surface area contributed by atoms with Crippen molar-refractivity contribution in [3.05, 3.63) is 69.8 Å². The van der Waals surface area contributed by atoms with Gasteiger partial charge in [0.15, 0.2) is 0 Å². The van der Waals surface area contributed by atoms with Gasteiger partial charge in [-0.05, 0) is 47.8 Å². The van der Waals surface area contributed by atoms with Gasteiger partial charge in [-0.2, -0.15) is 0 Å². The fraction of sp³-hybridized carbons (Fsp3) is 0. The predicted molar refractivity (Wildman–Crippen MR) is 109 cm³/mol. The molecule has 1 aromatic heterocycles. The number of hydrogen-bond donors (Lipinski definition) is 2. The minimum Gasteiger partial charge on any atom is -0.277 e. The molecule has 2 N–H and O–H groups in total. The highest BCUT2D eigenvalue weighted by Gasteiger charge is 2.22. The average Bonchev–Trinajstić information content (AvgIpc) is 3.15. The van der Waals surface area contributed by atoms with Crippen molar-refractivity contribution in [2.75, 3.05) is 9.44 Å². The lowest BCUT2D eigenvalue weighted by atomic mass is 10.3. The molecule has 0 fully saturated rings. The van der Waals surface area contributed by atoms with Crippen molar-refractivity contribution in [2.24, 2.45) is 0 Å². The number of halogens is 3. The van der Waals surface area contributed by atoms with E-state index < -0.39 is 25.9 Å². The number of nitrogens with one attached hydrogen (secondary N) is 2. The van der Waals surface area contributed by atoms with Crippen molar-refractivity contribution in [2.45, 2.75) is 9.10 Å². The Hall–Kier alpha value is -1.85. The van der Waals surface area contributed by atoms with Crippen LogP contribution in [0.4, 0.5) is 15.8 Å². The smallest absolute Gasteiger partial charge is 0.271 e. The molecule has 28 heavy (non-hydrogen) atoms. The second-order valence-electron chi connectivity index (χ2n) is 5.41. The minimum absolute atomic E-state index is 0.0116. The lowest BCUT2D eigenvalue weighted by Crippen LogP contribution is -2.17. The molecule has 3 aromatic rings. The first kappa shape index (κ1) is 20.9. The molecule has 0 atom stereocenters. The normalized spacial score (nSPS) is 12.0. The van der Waals surface area contributed by atoms with Crippen molar-refractivity contribution < 1.29 is 21.2 Å². The van der Waals surface area contributed by atoms with E-state index in [-0.39, 0.29) is 30.5 Å². The van der Waals surface area contributed by atoms with Gasteiger partial charge in [-0.25, -0.2) is 21.2 Å². The molecule has 0 bridgehead atoms. The number of sulfonamides is 2. The second kappa shape index (κ2) is 7.88. The maximum absolute atomic E-state index is 13.1. The zero-order chi connectivity index (χ0) is 20.5. The number of rotatable bonds is 6. The summed E-state index contributed by atoms with van der Waals surface area (Å²) < 4.78 is 67.7. The van der Waals surface area contributed by atoms with Crippen LogP contribution in [0.2, 0.25) is 10.0 Å². The maximum atomic E-state index is 13.1. The van der Waals surface area contributed by atoms with Crippen LogP contribution in [0, 0.1) is 5.82 Å². The first-order valence-electron chi connectivity index (χ1n) is 7.42. The quantitative estimate of drug-likeness (QED) is 0.529. The Kier molecular flexibility index (Phi) is 5.87. The zero-order valence-corrected chi connectivity index (χ0v) is 17.6. The number of benzene rings is 2. The molecule has 0 aliphatic heterocycles. The molecule has 6 nitrogen and oxygen atoms in total. The van der Waals surface area contributed by atoms with Crippen LogP contribution in [0.15, 0.2) is 63.0 Å². The Morgan fingerprint density at radius 2 is 1.36 bits per heavy atom. The van der Waals surface area contributed by atoms with E-state index in [0.717, 1.165) is 35.6 Å². The standard InChI is InChI=1S/C16H11Cl2FN2O4S3/c17-12-8-14(20-27(22,23)11-5-3-10(19)4-6-11)15(9-13(12)18)21-28(24,25)16-2-1-7-26-16/h1-9,20-21H. The van der Waals surface area contributed by atoms with Crippen LogP contribution in [0.5, 0.6) is 0 Å². The zero-order valence-electron chi connectivity index (χ0n) is 13.7. The van der Waals surface area contributed by atoms with Crippen molar-refractivity contribution in [3.8, 4) is 0 Å². The molecule has 0 unspecified atom stereocenters. The summed E-state index contributed by atoms with van der Waals surface area (Å²) in [7, 11) is -8.11. The van der Waals surface area contributed by atoms with Crippen LogP contribution in [-0.2, 0) is 20.0 Å². The summed E-state index contributed by atoms with van der Waals surface area (Å²) in [6, 6.07) is 9.46. The first-order chi connectivity index (χ1) is 13.1. The molecule has 0 amide bonds. The number of hydrogen-bond acceptors (Lipinski definition) is 5. The largest absolute Gasteiger partial charge is 0.277 e. The van der Waals surface area contributed by atoms with Gasteiger partial charge in [-0.1, -0.05) is 29.3 Å². The molecular weight excluding hydrogens is 470 g/mol. The highest BCUT2D eigenvalue weighted by molar-refractivity contribution is 7.94.